The number of rotatable bonds is 0. The van der Waals surface area contributed by atoms with Crippen molar-refractivity contribution < 1.29 is 14.0 Å². The molecule has 2 amide bonds. The standard InChI is InChI=1S/C9H6ClFN2O2/c1-3-5-4(9(15)13-8(3)14)2-12-7(10)6(5)11/h2-3H,1H3,(H,13,14,15). The molecule has 6 heteroatoms. The normalized spacial score (nSPS) is 19.8. The van der Waals surface area contributed by atoms with Gasteiger partial charge in [-0.15, -0.1) is 0 Å². The minimum atomic E-state index is -0.801. The number of imide groups is 1. The minimum absolute atomic E-state index is 0.0174. The highest BCUT2D eigenvalue weighted by Gasteiger charge is 2.33. The van der Waals surface area contributed by atoms with Crippen molar-refractivity contribution >= 4 is 23.4 Å². The second kappa shape index (κ2) is 3.27. The molecule has 0 saturated carbocycles. The number of carbonyl (C=O) groups is 2. The van der Waals surface area contributed by atoms with Crippen LogP contribution in [0.5, 0.6) is 0 Å². The van der Waals surface area contributed by atoms with Gasteiger partial charge < -0.3 is 0 Å². The van der Waals surface area contributed by atoms with E-state index < -0.39 is 23.5 Å². The number of amides is 2. The summed E-state index contributed by atoms with van der Waals surface area (Å²) in [5.41, 5.74) is 0.0766. The fraction of sp³-hybridized carbons (Fsp3) is 0.222. The Hall–Kier alpha value is -1.49. The van der Waals surface area contributed by atoms with Gasteiger partial charge in [-0.25, -0.2) is 9.37 Å². The summed E-state index contributed by atoms with van der Waals surface area (Å²) in [5, 5.41) is 1.77. The summed E-state index contributed by atoms with van der Waals surface area (Å²) in [5.74, 6) is -2.71. The quantitative estimate of drug-likeness (QED) is 0.537. The van der Waals surface area contributed by atoms with E-state index in [1.54, 1.807) is 0 Å². The summed E-state index contributed by atoms with van der Waals surface area (Å²) in [7, 11) is 0. The molecule has 0 bridgehead atoms. The van der Waals surface area contributed by atoms with Gasteiger partial charge in [-0.3, -0.25) is 14.9 Å². The van der Waals surface area contributed by atoms with Crippen LogP contribution in [0.15, 0.2) is 6.20 Å². The number of nitrogens with one attached hydrogen (secondary N) is 1. The summed E-state index contributed by atoms with van der Waals surface area (Å²) in [4.78, 5) is 26.1. The molecule has 1 aromatic rings. The van der Waals surface area contributed by atoms with Crippen LogP contribution in [0.1, 0.15) is 28.8 Å². The van der Waals surface area contributed by atoms with Crippen molar-refractivity contribution in [2.75, 3.05) is 0 Å². The molecule has 2 rings (SSSR count). The molecular formula is C9H6ClFN2O2. The highest BCUT2D eigenvalue weighted by molar-refractivity contribution is 6.29. The first-order chi connectivity index (χ1) is 7.02. The lowest BCUT2D eigenvalue weighted by Crippen LogP contribution is -2.40. The number of hydrogen-bond donors (Lipinski definition) is 1. The lowest BCUT2D eigenvalue weighted by atomic mass is 9.92. The highest BCUT2D eigenvalue weighted by atomic mass is 35.5. The lowest BCUT2D eigenvalue weighted by molar-refractivity contribution is -0.121. The van der Waals surface area contributed by atoms with E-state index in [0.29, 0.717) is 0 Å². The minimum Gasteiger partial charge on any atom is -0.292 e. The monoisotopic (exact) mass is 228 g/mol. The molecule has 0 radical (unpaired) electrons. The fourth-order valence-corrected chi connectivity index (χ4v) is 1.65. The molecule has 0 aromatic carbocycles. The largest absolute Gasteiger partial charge is 0.292 e. The molecule has 15 heavy (non-hydrogen) atoms. The van der Waals surface area contributed by atoms with Gasteiger partial charge >= 0.3 is 0 Å². The summed E-state index contributed by atoms with van der Waals surface area (Å²) in [6, 6.07) is 0. The predicted octanol–water partition coefficient (Wildman–Crippen LogP) is 1.25. The zero-order valence-corrected chi connectivity index (χ0v) is 8.43. The van der Waals surface area contributed by atoms with E-state index >= 15 is 0 Å². The van der Waals surface area contributed by atoms with Gasteiger partial charge in [-0.05, 0) is 6.92 Å². The van der Waals surface area contributed by atoms with Crippen LogP contribution in [0.3, 0.4) is 0 Å². The molecule has 1 aliphatic rings. The molecule has 2 heterocycles. The van der Waals surface area contributed by atoms with Crippen LogP contribution >= 0.6 is 11.6 Å². The summed E-state index contributed by atoms with van der Waals surface area (Å²) < 4.78 is 13.6. The SMILES string of the molecule is CC1C(=O)NC(=O)c2cnc(Cl)c(F)c21. The summed E-state index contributed by atoms with van der Waals surface area (Å²) >= 11 is 5.48. The Balaban J connectivity index is 2.72. The van der Waals surface area contributed by atoms with Crippen LogP contribution < -0.4 is 5.32 Å². The zero-order chi connectivity index (χ0) is 11.2. The van der Waals surface area contributed by atoms with Crippen molar-refractivity contribution in [1.82, 2.24) is 10.3 Å². The van der Waals surface area contributed by atoms with Crippen LogP contribution in [-0.4, -0.2) is 16.8 Å². The molecule has 78 valence electrons. The van der Waals surface area contributed by atoms with Crippen LogP contribution in [-0.2, 0) is 4.79 Å². The Labute approximate surface area is 89.4 Å². The molecule has 1 unspecified atom stereocenters. The second-order valence-corrected chi connectivity index (χ2v) is 3.59. The van der Waals surface area contributed by atoms with Crippen molar-refractivity contribution in [2.45, 2.75) is 12.8 Å². The highest BCUT2D eigenvalue weighted by Crippen LogP contribution is 2.29. The Morgan fingerprint density at radius 1 is 1.53 bits per heavy atom. The average Bonchev–Trinajstić information content (AvgIpc) is 2.19. The van der Waals surface area contributed by atoms with Crippen molar-refractivity contribution in [3.05, 3.63) is 28.3 Å². The first kappa shape index (κ1) is 10.0. The van der Waals surface area contributed by atoms with Crippen molar-refractivity contribution in [3.63, 3.8) is 0 Å². The second-order valence-electron chi connectivity index (χ2n) is 3.23. The zero-order valence-electron chi connectivity index (χ0n) is 7.67. The number of pyridine rings is 1. The van der Waals surface area contributed by atoms with Gasteiger partial charge in [0, 0.05) is 11.8 Å². The van der Waals surface area contributed by atoms with Crippen LogP contribution in [0.2, 0.25) is 5.15 Å². The van der Waals surface area contributed by atoms with Crippen molar-refractivity contribution in [2.24, 2.45) is 0 Å². The maximum Gasteiger partial charge on any atom is 0.259 e. The van der Waals surface area contributed by atoms with Crippen molar-refractivity contribution in [1.29, 1.82) is 0 Å². The van der Waals surface area contributed by atoms with E-state index in [-0.39, 0.29) is 16.3 Å². The number of aromatic nitrogens is 1. The molecule has 0 aliphatic carbocycles. The maximum atomic E-state index is 13.6. The third-order valence-corrected chi connectivity index (χ3v) is 2.59. The van der Waals surface area contributed by atoms with Gasteiger partial charge in [-0.1, -0.05) is 11.6 Å². The molecule has 0 fully saturated rings. The Morgan fingerprint density at radius 2 is 2.20 bits per heavy atom. The van der Waals surface area contributed by atoms with E-state index in [1.165, 1.54) is 13.1 Å². The average molecular weight is 229 g/mol. The number of nitrogens with zero attached hydrogens (tertiary/aromatic N) is 1. The third-order valence-electron chi connectivity index (χ3n) is 2.32. The maximum absolute atomic E-state index is 13.6. The predicted molar refractivity (Wildman–Crippen MR) is 50.1 cm³/mol. The van der Waals surface area contributed by atoms with Gasteiger partial charge in [0.05, 0.1) is 11.5 Å². The van der Waals surface area contributed by atoms with E-state index in [9.17, 15) is 14.0 Å². The summed E-state index contributed by atoms with van der Waals surface area (Å²) in [6.45, 7) is 1.50. The number of carbonyl (C=O) groups excluding carboxylic acids is 2. The number of fused-ring (bicyclic) bond motifs is 1. The smallest absolute Gasteiger partial charge is 0.259 e. The lowest BCUT2D eigenvalue weighted by Gasteiger charge is -2.21. The molecule has 1 atom stereocenters. The first-order valence-electron chi connectivity index (χ1n) is 4.21. The van der Waals surface area contributed by atoms with Gasteiger partial charge in [0.15, 0.2) is 11.0 Å². The number of halogens is 2. The molecule has 4 nitrogen and oxygen atoms in total. The van der Waals surface area contributed by atoms with Gasteiger partial charge in [0.1, 0.15) is 0 Å². The Bertz CT molecular complexity index is 475. The van der Waals surface area contributed by atoms with Gasteiger partial charge in [-0.2, -0.15) is 0 Å². The van der Waals surface area contributed by atoms with E-state index in [4.69, 9.17) is 11.6 Å². The Kier molecular flexibility index (Phi) is 2.19. The van der Waals surface area contributed by atoms with Crippen LogP contribution in [0, 0.1) is 5.82 Å². The topological polar surface area (TPSA) is 59.1 Å². The first-order valence-corrected chi connectivity index (χ1v) is 4.59. The fourth-order valence-electron chi connectivity index (χ4n) is 1.50. The van der Waals surface area contributed by atoms with Crippen LogP contribution in [0.4, 0.5) is 4.39 Å². The molecule has 0 saturated heterocycles. The summed E-state index contributed by atoms with van der Waals surface area (Å²) in [6.07, 6.45) is 1.17. The molecule has 1 N–H and O–H groups in total. The van der Waals surface area contributed by atoms with Crippen LogP contribution in [0.25, 0.3) is 0 Å². The van der Waals surface area contributed by atoms with E-state index in [1.807, 2.05) is 0 Å². The van der Waals surface area contributed by atoms with Gasteiger partial charge in [0.25, 0.3) is 5.91 Å². The van der Waals surface area contributed by atoms with E-state index in [0.717, 1.165) is 0 Å². The van der Waals surface area contributed by atoms with Gasteiger partial charge in [0.2, 0.25) is 5.91 Å². The Morgan fingerprint density at radius 3 is 2.87 bits per heavy atom. The van der Waals surface area contributed by atoms with Crippen molar-refractivity contribution in [3.8, 4) is 0 Å². The third kappa shape index (κ3) is 1.39. The molecule has 1 aromatic heterocycles. The molecule has 1 aliphatic heterocycles. The molecular weight excluding hydrogens is 223 g/mol. The molecule has 0 spiro atoms. The van der Waals surface area contributed by atoms with E-state index in [2.05, 4.69) is 10.3 Å². The number of hydrogen-bond acceptors (Lipinski definition) is 3.